The number of allylic oxidation sites excluding steroid dienone is 1. The van der Waals surface area contributed by atoms with Crippen molar-refractivity contribution < 1.29 is 19.5 Å². The van der Waals surface area contributed by atoms with Crippen LogP contribution in [0, 0.1) is 0 Å². The topological polar surface area (TPSA) is 74.3 Å². The van der Waals surface area contributed by atoms with Crippen LogP contribution in [0.1, 0.15) is 18.4 Å². The fourth-order valence-electron chi connectivity index (χ4n) is 1.23. The standard InChI is InChI=1S/C13H12O4/c14-11(8-12(15)9-13(16)17)7-6-10-4-2-1-3-5-10/h1-7H,8-9H2,(H,16,17)/p-1/b7-6+. The maximum atomic E-state index is 11.3. The molecule has 0 aromatic heterocycles. The number of Topliss-reactive ketones (excluding diaryl/α,β-unsaturated/α-hetero) is 1. The minimum atomic E-state index is -1.46. The lowest BCUT2D eigenvalue weighted by atomic mass is 10.1. The molecule has 0 saturated carbocycles. The highest BCUT2D eigenvalue weighted by molar-refractivity contribution is 6.09. The van der Waals surface area contributed by atoms with Crippen LogP contribution in [0.4, 0.5) is 0 Å². The molecule has 0 amide bonds. The Morgan fingerprint density at radius 2 is 1.71 bits per heavy atom. The van der Waals surface area contributed by atoms with Gasteiger partial charge in [-0.05, 0) is 11.6 Å². The summed E-state index contributed by atoms with van der Waals surface area (Å²) >= 11 is 0. The molecule has 88 valence electrons. The Morgan fingerprint density at radius 3 is 2.29 bits per heavy atom. The van der Waals surface area contributed by atoms with Crippen molar-refractivity contribution in [3.8, 4) is 0 Å². The third-order valence-electron chi connectivity index (χ3n) is 1.97. The van der Waals surface area contributed by atoms with Gasteiger partial charge in [-0.2, -0.15) is 0 Å². The van der Waals surface area contributed by atoms with Crippen molar-refractivity contribution in [2.24, 2.45) is 0 Å². The summed E-state index contributed by atoms with van der Waals surface area (Å²) in [5, 5.41) is 10.1. The van der Waals surface area contributed by atoms with E-state index in [-0.39, 0.29) is 0 Å². The quantitative estimate of drug-likeness (QED) is 0.523. The van der Waals surface area contributed by atoms with Crippen molar-refractivity contribution in [2.75, 3.05) is 0 Å². The van der Waals surface area contributed by atoms with Crippen LogP contribution in [0.15, 0.2) is 36.4 Å². The minimum Gasteiger partial charge on any atom is -0.550 e. The Bertz CT molecular complexity index is 446. The molecular formula is C13H11O4-. The van der Waals surface area contributed by atoms with E-state index in [1.54, 1.807) is 6.08 Å². The predicted molar refractivity (Wildman–Crippen MR) is 59.7 cm³/mol. The summed E-state index contributed by atoms with van der Waals surface area (Å²) in [5.74, 6) is -2.53. The van der Waals surface area contributed by atoms with Gasteiger partial charge < -0.3 is 9.90 Å². The third kappa shape index (κ3) is 5.41. The van der Waals surface area contributed by atoms with Crippen molar-refractivity contribution in [3.63, 3.8) is 0 Å². The van der Waals surface area contributed by atoms with Gasteiger partial charge in [0.1, 0.15) is 5.78 Å². The van der Waals surface area contributed by atoms with E-state index >= 15 is 0 Å². The van der Waals surface area contributed by atoms with Crippen LogP contribution in [0.3, 0.4) is 0 Å². The molecule has 0 aliphatic carbocycles. The highest BCUT2D eigenvalue weighted by atomic mass is 16.4. The van der Waals surface area contributed by atoms with Crippen LogP contribution in [0.2, 0.25) is 0 Å². The molecule has 17 heavy (non-hydrogen) atoms. The number of carboxylic acids is 1. The number of hydrogen-bond acceptors (Lipinski definition) is 4. The van der Waals surface area contributed by atoms with Crippen molar-refractivity contribution in [2.45, 2.75) is 12.8 Å². The van der Waals surface area contributed by atoms with Crippen LogP contribution >= 0.6 is 0 Å². The average Bonchev–Trinajstić information content (AvgIpc) is 2.26. The molecule has 0 fully saturated rings. The molecular weight excluding hydrogens is 220 g/mol. The second kappa shape index (κ2) is 6.37. The normalized spacial score (nSPS) is 10.4. The second-order valence-corrected chi connectivity index (χ2v) is 3.47. The summed E-state index contributed by atoms with van der Waals surface area (Å²) in [6, 6.07) is 9.12. The lowest BCUT2D eigenvalue weighted by Gasteiger charge is -1.98. The van der Waals surface area contributed by atoms with E-state index in [0.29, 0.717) is 0 Å². The number of hydrogen-bond donors (Lipinski definition) is 0. The van der Waals surface area contributed by atoms with Gasteiger partial charge in [0, 0.05) is 12.4 Å². The molecule has 0 unspecified atom stereocenters. The highest BCUT2D eigenvalue weighted by Crippen LogP contribution is 2.02. The van der Waals surface area contributed by atoms with Crippen LogP contribution in [-0.4, -0.2) is 17.5 Å². The third-order valence-corrected chi connectivity index (χ3v) is 1.97. The van der Waals surface area contributed by atoms with E-state index in [1.807, 2.05) is 30.3 Å². The summed E-state index contributed by atoms with van der Waals surface area (Å²) in [4.78, 5) is 32.4. The summed E-state index contributed by atoms with van der Waals surface area (Å²) in [6.07, 6.45) is 1.72. The monoisotopic (exact) mass is 231 g/mol. The van der Waals surface area contributed by atoms with Crippen molar-refractivity contribution in [1.29, 1.82) is 0 Å². The number of carbonyl (C=O) groups is 3. The van der Waals surface area contributed by atoms with Crippen LogP contribution in [-0.2, 0) is 14.4 Å². The SMILES string of the molecule is O=C([O-])CC(=O)CC(=O)/C=C/c1ccccc1. The van der Waals surface area contributed by atoms with Gasteiger partial charge in [-0.1, -0.05) is 36.4 Å². The zero-order valence-electron chi connectivity index (χ0n) is 9.09. The summed E-state index contributed by atoms with van der Waals surface area (Å²) < 4.78 is 0. The molecule has 0 spiro atoms. The first-order valence-electron chi connectivity index (χ1n) is 5.05. The van der Waals surface area contributed by atoms with Gasteiger partial charge in [0.05, 0.1) is 6.42 Å². The van der Waals surface area contributed by atoms with Gasteiger partial charge in [0.2, 0.25) is 0 Å². The van der Waals surface area contributed by atoms with E-state index in [1.165, 1.54) is 6.08 Å². The van der Waals surface area contributed by atoms with Gasteiger partial charge in [0.15, 0.2) is 5.78 Å². The lowest BCUT2D eigenvalue weighted by molar-refractivity contribution is -0.304. The van der Waals surface area contributed by atoms with Gasteiger partial charge >= 0.3 is 0 Å². The van der Waals surface area contributed by atoms with Gasteiger partial charge in [-0.15, -0.1) is 0 Å². The first kappa shape index (κ1) is 12.8. The molecule has 0 saturated heterocycles. The van der Waals surface area contributed by atoms with Crippen molar-refractivity contribution in [1.82, 2.24) is 0 Å². The fourth-order valence-corrected chi connectivity index (χ4v) is 1.23. The molecule has 0 bridgehead atoms. The molecule has 0 heterocycles. The Labute approximate surface area is 98.6 Å². The number of benzene rings is 1. The molecule has 0 atom stereocenters. The highest BCUT2D eigenvalue weighted by Gasteiger charge is 2.06. The lowest BCUT2D eigenvalue weighted by Crippen LogP contribution is -2.25. The van der Waals surface area contributed by atoms with E-state index in [2.05, 4.69) is 0 Å². The Morgan fingerprint density at radius 1 is 1.06 bits per heavy atom. The number of rotatable bonds is 6. The van der Waals surface area contributed by atoms with Gasteiger partial charge in [-0.3, -0.25) is 9.59 Å². The van der Waals surface area contributed by atoms with E-state index in [4.69, 9.17) is 0 Å². The second-order valence-electron chi connectivity index (χ2n) is 3.47. The fraction of sp³-hybridized carbons (Fsp3) is 0.154. The smallest absolute Gasteiger partial charge is 0.163 e. The van der Waals surface area contributed by atoms with Crippen LogP contribution in [0.5, 0.6) is 0 Å². The molecule has 0 aliphatic heterocycles. The van der Waals surface area contributed by atoms with E-state index in [0.717, 1.165) is 5.56 Å². The molecule has 0 aliphatic rings. The number of ketones is 2. The molecule has 1 rings (SSSR count). The first-order valence-corrected chi connectivity index (χ1v) is 5.05. The van der Waals surface area contributed by atoms with Crippen LogP contribution < -0.4 is 5.11 Å². The predicted octanol–water partition coefficient (Wildman–Crippen LogP) is 0.368. The molecule has 0 N–H and O–H groups in total. The van der Waals surface area contributed by atoms with E-state index in [9.17, 15) is 19.5 Å². The Kier molecular flexibility index (Phi) is 4.81. The summed E-state index contributed by atoms with van der Waals surface area (Å²) in [7, 11) is 0. The summed E-state index contributed by atoms with van der Waals surface area (Å²) in [5.41, 5.74) is 0.841. The first-order chi connectivity index (χ1) is 8.08. The maximum Gasteiger partial charge on any atom is 0.163 e. The maximum absolute atomic E-state index is 11.3. The largest absolute Gasteiger partial charge is 0.550 e. The van der Waals surface area contributed by atoms with Gasteiger partial charge in [-0.25, -0.2) is 0 Å². The van der Waals surface area contributed by atoms with E-state index < -0.39 is 30.4 Å². The molecule has 4 nitrogen and oxygen atoms in total. The number of carboxylic acid groups (broad SMARTS) is 1. The summed E-state index contributed by atoms with van der Waals surface area (Å²) in [6.45, 7) is 0. The number of aliphatic carboxylic acids is 1. The van der Waals surface area contributed by atoms with Crippen LogP contribution in [0.25, 0.3) is 6.08 Å². The average molecular weight is 231 g/mol. The zero-order valence-corrected chi connectivity index (χ0v) is 9.09. The Balaban J connectivity index is 2.47. The molecule has 1 aromatic rings. The van der Waals surface area contributed by atoms with Crippen molar-refractivity contribution in [3.05, 3.63) is 42.0 Å². The molecule has 4 heteroatoms. The zero-order chi connectivity index (χ0) is 12.7. The Hall–Kier alpha value is -2.23. The number of carbonyl (C=O) groups excluding carboxylic acids is 3. The minimum absolute atomic E-state index is 0.405. The van der Waals surface area contributed by atoms with Crippen molar-refractivity contribution >= 4 is 23.6 Å². The van der Waals surface area contributed by atoms with Gasteiger partial charge in [0.25, 0.3) is 0 Å². The molecule has 1 aromatic carbocycles. The molecule has 0 radical (unpaired) electrons.